The van der Waals surface area contributed by atoms with E-state index in [0.717, 1.165) is 16.1 Å². The van der Waals surface area contributed by atoms with Gasteiger partial charge in [-0.05, 0) is 31.1 Å². The molecular formula is C16H17N3OS2. The number of thiazole rings is 1. The average molecular weight is 331 g/mol. The Morgan fingerprint density at radius 1 is 1.45 bits per heavy atom. The quantitative estimate of drug-likeness (QED) is 0.791. The maximum Gasteiger partial charge on any atom is 0.225 e. The molecule has 2 N–H and O–H groups in total. The van der Waals surface area contributed by atoms with Crippen LogP contribution in [0.1, 0.15) is 35.0 Å². The summed E-state index contributed by atoms with van der Waals surface area (Å²) in [6.45, 7) is 1.92. The summed E-state index contributed by atoms with van der Waals surface area (Å²) in [5, 5.41) is 11.8. The molecule has 1 amide bonds. The predicted molar refractivity (Wildman–Crippen MR) is 90.1 cm³/mol. The third-order valence-corrected chi connectivity index (χ3v) is 4.66. The first-order valence-corrected chi connectivity index (χ1v) is 8.22. The van der Waals surface area contributed by atoms with Crippen LogP contribution >= 0.6 is 23.6 Å². The maximum absolute atomic E-state index is 12.3. The molecule has 0 saturated carbocycles. The van der Waals surface area contributed by atoms with Crippen LogP contribution in [-0.4, -0.2) is 10.9 Å². The largest absolute Gasteiger partial charge is 0.349 e. The average Bonchev–Trinajstić information content (AvgIpc) is 2.82. The van der Waals surface area contributed by atoms with Crippen molar-refractivity contribution in [3.05, 3.63) is 50.4 Å². The number of aromatic amines is 1. The van der Waals surface area contributed by atoms with Gasteiger partial charge in [0, 0.05) is 17.0 Å². The van der Waals surface area contributed by atoms with Crippen molar-refractivity contribution < 1.29 is 4.79 Å². The van der Waals surface area contributed by atoms with Crippen LogP contribution in [0.2, 0.25) is 0 Å². The number of hydrogen-bond acceptors (Lipinski definition) is 4. The summed E-state index contributed by atoms with van der Waals surface area (Å²) in [6, 6.07) is 11.7. The second kappa shape index (κ2) is 7.87. The van der Waals surface area contributed by atoms with Crippen LogP contribution in [-0.2, 0) is 11.2 Å². The van der Waals surface area contributed by atoms with Crippen LogP contribution in [0.3, 0.4) is 0 Å². The summed E-state index contributed by atoms with van der Waals surface area (Å²) < 4.78 is 0.685. The number of rotatable bonds is 6. The molecule has 2 aromatic rings. The van der Waals surface area contributed by atoms with E-state index in [1.807, 2.05) is 37.3 Å². The van der Waals surface area contributed by atoms with E-state index < -0.39 is 0 Å². The second-order valence-electron chi connectivity index (χ2n) is 4.97. The SMILES string of the molecule is Cc1[nH]c(=S)sc1CC(=O)NC(CCC#N)c1ccccc1. The van der Waals surface area contributed by atoms with Crippen molar-refractivity contribution in [3.63, 3.8) is 0 Å². The van der Waals surface area contributed by atoms with Crippen LogP contribution in [0.5, 0.6) is 0 Å². The zero-order valence-electron chi connectivity index (χ0n) is 12.3. The third kappa shape index (κ3) is 4.52. The number of aromatic nitrogens is 1. The Morgan fingerprint density at radius 2 is 2.18 bits per heavy atom. The molecule has 4 nitrogen and oxygen atoms in total. The lowest BCUT2D eigenvalue weighted by atomic mass is 10.0. The normalized spacial score (nSPS) is 11.6. The van der Waals surface area contributed by atoms with E-state index in [-0.39, 0.29) is 11.9 Å². The van der Waals surface area contributed by atoms with E-state index in [1.54, 1.807) is 0 Å². The van der Waals surface area contributed by atoms with Crippen molar-refractivity contribution in [2.45, 2.75) is 32.2 Å². The number of nitrogens with zero attached hydrogens (tertiary/aromatic N) is 1. The van der Waals surface area contributed by atoms with Crippen LogP contribution in [0.4, 0.5) is 0 Å². The first-order chi connectivity index (χ1) is 10.6. The number of amides is 1. The summed E-state index contributed by atoms with van der Waals surface area (Å²) in [5.74, 6) is -0.0554. The molecule has 114 valence electrons. The van der Waals surface area contributed by atoms with Gasteiger partial charge < -0.3 is 10.3 Å². The van der Waals surface area contributed by atoms with E-state index in [0.29, 0.717) is 23.2 Å². The number of carbonyl (C=O) groups excluding carboxylic acids is 1. The van der Waals surface area contributed by atoms with E-state index in [9.17, 15) is 4.79 Å². The number of carbonyl (C=O) groups is 1. The Balaban J connectivity index is 2.06. The molecule has 2 rings (SSSR count). The minimum atomic E-state index is -0.138. The number of hydrogen-bond donors (Lipinski definition) is 2. The Labute approximate surface area is 138 Å². The molecule has 0 fully saturated rings. The molecule has 0 aliphatic heterocycles. The molecule has 1 aromatic heterocycles. The fourth-order valence-corrected chi connectivity index (χ4v) is 3.50. The molecule has 0 aliphatic rings. The molecule has 0 spiro atoms. The third-order valence-electron chi connectivity index (χ3n) is 3.33. The fourth-order valence-electron chi connectivity index (χ4n) is 2.21. The van der Waals surface area contributed by atoms with Crippen LogP contribution < -0.4 is 5.32 Å². The maximum atomic E-state index is 12.3. The van der Waals surface area contributed by atoms with Gasteiger partial charge in [0.25, 0.3) is 0 Å². The molecular weight excluding hydrogens is 314 g/mol. The number of nitriles is 1. The molecule has 0 saturated heterocycles. The minimum absolute atomic E-state index is 0.0554. The zero-order chi connectivity index (χ0) is 15.9. The van der Waals surface area contributed by atoms with E-state index in [4.69, 9.17) is 17.5 Å². The topological polar surface area (TPSA) is 68.7 Å². The molecule has 22 heavy (non-hydrogen) atoms. The van der Waals surface area contributed by atoms with Gasteiger partial charge in [-0.25, -0.2) is 0 Å². The smallest absolute Gasteiger partial charge is 0.225 e. The summed E-state index contributed by atoms with van der Waals surface area (Å²) in [7, 11) is 0. The highest BCUT2D eigenvalue weighted by Crippen LogP contribution is 2.20. The monoisotopic (exact) mass is 331 g/mol. The van der Waals surface area contributed by atoms with Gasteiger partial charge in [-0.15, -0.1) is 11.3 Å². The van der Waals surface area contributed by atoms with Gasteiger partial charge in [-0.3, -0.25) is 4.79 Å². The minimum Gasteiger partial charge on any atom is -0.349 e. The highest BCUT2D eigenvalue weighted by Gasteiger charge is 2.16. The van der Waals surface area contributed by atoms with Crippen molar-refractivity contribution >= 4 is 29.5 Å². The second-order valence-corrected chi connectivity index (χ2v) is 6.74. The van der Waals surface area contributed by atoms with Gasteiger partial charge in [-0.1, -0.05) is 30.3 Å². The van der Waals surface area contributed by atoms with Crippen molar-refractivity contribution in [2.75, 3.05) is 0 Å². The highest BCUT2D eigenvalue weighted by molar-refractivity contribution is 7.73. The van der Waals surface area contributed by atoms with Gasteiger partial charge in [0.2, 0.25) is 5.91 Å². The summed E-state index contributed by atoms with van der Waals surface area (Å²) in [6.07, 6.45) is 1.32. The zero-order valence-corrected chi connectivity index (χ0v) is 13.9. The van der Waals surface area contributed by atoms with Crippen LogP contribution in [0.15, 0.2) is 30.3 Å². The Hall–Kier alpha value is -1.97. The fraction of sp³-hybridized carbons (Fsp3) is 0.312. The molecule has 1 aromatic carbocycles. The van der Waals surface area contributed by atoms with E-state index >= 15 is 0 Å². The highest BCUT2D eigenvalue weighted by atomic mass is 32.1. The van der Waals surface area contributed by atoms with Gasteiger partial charge in [-0.2, -0.15) is 5.26 Å². The summed E-state index contributed by atoms with van der Waals surface area (Å²) >= 11 is 6.52. The lowest BCUT2D eigenvalue weighted by Crippen LogP contribution is -2.29. The first kappa shape index (κ1) is 16.4. The number of nitrogens with one attached hydrogen (secondary N) is 2. The summed E-state index contributed by atoms with van der Waals surface area (Å²) in [4.78, 5) is 16.3. The Kier molecular flexibility index (Phi) is 5.87. The van der Waals surface area contributed by atoms with Gasteiger partial charge in [0.1, 0.15) is 0 Å². The van der Waals surface area contributed by atoms with Crippen molar-refractivity contribution in [3.8, 4) is 6.07 Å². The van der Waals surface area contributed by atoms with Gasteiger partial charge in [0.15, 0.2) is 3.95 Å². The predicted octanol–water partition coefficient (Wildman–Crippen LogP) is 3.82. The molecule has 1 atom stereocenters. The molecule has 0 aliphatic carbocycles. The van der Waals surface area contributed by atoms with Gasteiger partial charge in [0.05, 0.1) is 18.5 Å². The lowest BCUT2D eigenvalue weighted by Gasteiger charge is -2.18. The molecule has 6 heteroatoms. The molecule has 0 bridgehead atoms. The lowest BCUT2D eigenvalue weighted by molar-refractivity contribution is -0.121. The standard InChI is InChI=1S/C16H17N3OS2/c1-11-14(22-16(21)18-11)10-15(20)19-13(8-5-9-17)12-6-3-2-4-7-12/h2-4,6-7,13H,5,8,10H2,1H3,(H,18,21)(H,19,20). The number of aryl methyl sites for hydroxylation is 1. The summed E-state index contributed by atoms with van der Waals surface area (Å²) in [5.41, 5.74) is 1.96. The van der Waals surface area contributed by atoms with Crippen molar-refractivity contribution in [2.24, 2.45) is 0 Å². The van der Waals surface area contributed by atoms with Crippen LogP contribution in [0, 0.1) is 22.2 Å². The van der Waals surface area contributed by atoms with Crippen LogP contribution in [0.25, 0.3) is 0 Å². The number of benzene rings is 1. The number of H-pyrrole nitrogens is 1. The molecule has 1 heterocycles. The van der Waals surface area contributed by atoms with Crippen molar-refractivity contribution in [1.29, 1.82) is 5.26 Å². The molecule has 0 radical (unpaired) electrons. The van der Waals surface area contributed by atoms with E-state index in [2.05, 4.69) is 16.4 Å². The van der Waals surface area contributed by atoms with Gasteiger partial charge >= 0.3 is 0 Å². The Morgan fingerprint density at radius 3 is 2.77 bits per heavy atom. The first-order valence-electron chi connectivity index (χ1n) is 7.00. The van der Waals surface area contributed by atoms with Crippen molar-refractivity contribution in [1.82, 2.24) is 10.3 Å². The Bertz CT molecular complexity index is 728. The molecule has 1 unspecified atom stereocenters. The van der Waals surface area contributed by atoms with E-state index in [1.165, 1.54) is 11.3 Å².